The summed E-state index contributed by atoms with van der Waals surface area (Å²) >= 11 is 0. The van der Waals surface area contributed by atoms with E-state index in [9.17, 15) is 9.18 Å². The summed E-state index contributed by atoms with van der Waals surface area (Å²) in [5.74, 6) is 0.782. The minimum atomic E-state index is -0.194. The minimum absolute atomic E-state index is 0.0983. The van der Waals surface area contributed by atoms with Crippen LogP contribution in [0.4, 0.5) is 10.2 Å². The number of anilines is 1. The second kappa shape index (κ2) is 11.7. The number of nitrogens with zero attached hydrogens (tertiary/aromatic N) is 6. The molecule has 0 bridgehead atoms. The van der Waals surface area contributed by atoms with Crippen molar-refractivity contribution in [2.75, 3.05) is 44.7 Å². The molecule has 3 heterocycles. The molecule has 0 amide bonds. The topological polar surface area (TPSA) is 79.2 Å². The van der Waals surface area contributed by atoms with Gasteiger partial charge in [-0.25, -0.2) is 9.37 Å². The van der Waals surface area contributed by atoms with E-state index in [-0.39, 0.29) is 11.4 Å². The van der Waals surface area contributed by atoms with Gasteiger partial charge in [0.1, 0.15) is 5.82 Å². The van der Waals surface area contributed by atoms with Crippen molar-refractivity contribution in [2.24, 2.45) is 0 Å². The molecular weight excluding hydrogens is 505 g/mol. The zero-order valence-corrected chi connectivity index (χ0v) is 22.7. The largest absolute Gasteiger partial charge is 0.349 e. The van der Waals surface area contributed by atoms with Crippen LogP contribution in [0.3, 0.4) is 0 Å². The van der Waals surface area contributed by atoms with Crippen molar-refractivity contribution in [3.8, 4) is 16.9 Å². The molecular formula is C31H34FN7O. The maximum atomic E-state index is 13.7. The number of likely N-dealkylation sites (N-methyl/N-ethyl adjacent to an activating group) is 1. The van der Waals surface area contributed by atoms with Crippen LogP contribution in [0.2, 0.25) is 0 Å². The number of hydrogen-bond acceptors (Lipinski definition) is 7. The fraction of sp³-hybridized carbons (Fsp3) is 0.355. The van der Waals surface area contributed by atoms with Crippen LogP contribution in [0.25, 0.3) is 16.9 Å². The fourth-order valence-corrected chi connectivity index (χ4v) is 5.37. The fourth-order valence-electron chi connectivity index (χ4n) is 5.37. The highest BCUT2D eigenvalue weighted by atomic mass is 19.1. The minimum Gasteiger partial charge on any atom is -0.349 e. The van der Waals surface area contributed by atoms with Gasteiger partial charge in [0.2, 0.25) is 0 Å². The average Bonchev–Trinajstić information content (AvgIpc) is 3.77. The molecule has 9 heteroatoms. The molecule has 2 aromatic carbocycles. The zero-order chi connectivity index (χ0) is 27.5. The number of halogens is 1. The summed E-state index contributed by atoms with van der Waals surface area (Å²) < 4.78 is 15.0. The number of aryl methyl sites for hydroxylation is 1. The summed E-state index contributed by atoms with van der Waals surface area (Å²) in [6, 6.07) is 18.9. The van der Waals surface area contributed by atoms with E-state index in [0.29, 0.717) is 17.8 Å². The molecule has 2 atom stereocenters. The lowest BCUT2D eigenvalue weighted by Crippen LogP contribution is -2.47. The highest BCUT2D eigenvalue weighted by Gasteiger charge is 2.37. The highest BCUT2D eigenvalue weighted by Crippen LogP contribution is 2.40. The van der Waals surface area contributed by atoms with Gasteiger partial charge in [0.05, 0.1) is 11.4 Å². The number of nitrogens with one attached hydrogen (secondary N) is 1. The Labute approximate surface area is 233 Å². The summed E-state index contributed by atoms with van der Waals surface area (Å²) in [6.45, 7) is 4.22. The Balaban J connectivity index is 1.17. The molecule has 0 spiro atoms. The third-order valence-corrected chi connectivity index (χ3v) is 7.86. The first kappa shape index (κ1) is 26.3. The van der Waals surface area contributed by atoms with Gasteiger partial charge in [0.25, 0.3) is 5.56 Å². The van der Waals surface area contributed by atoms with Gasteiger partial charge in [-0.1, -0.05) is 24.3 Å². The standard InChI is InChI=1S/C31H34FN7O/c1-37-16-18-38(19-17-37)30-31(40)39(26-12-8-23(9-13-26)28-5-3-15-34-36-28)21-25(35-30)4-2-14-33-29-20-27(29)22-6-10-24(32)11-7-22/h3,5-13,15,21,27,29,33H,2,4,14,16-20H2,1H3/t27-,29+/m0/s1. The van der Waals surface area contributed by atoms with E-state index in [0.717, 1.165) is 74.6 Å². The molecule has 1 saturated carbocycles. The van der Waals surface area contributed by atoms with E-state index >= 15 is 0 Å². The zero-order valence-electron chi connectivity index (χ0n) is 22.7. The van der Waals surface area contributed by atoms with E-state index in [1.807, 2.05) is 54.7 Å². The number of aromatic nitrogens is 4. The predicted octanol–water partition coefficient (Wildman–Crippen LogP) is 3.66. The van der Waals surface area contributed by atoms with Crippen LogP contribution in [-0.2, 0) is 6.42 Å². The van der Waals surface area contributed by atoms with Crippen molar-refractivity contribution in [3.05, 3.63) is 100 Å². The monoisotopic (exact) mass is 539 g/mol. The van der Waals surface area contributed by atoms with Crippen LogP contribution in [-0.4, -0.2) is 70.5 Å². The first-order valence-corrected chi connectivity index (χ1v) is 14.0. The summed E-state index contributed by atoms with van der Waals surface area (Å²) in [5, 5.41) is 11.8. The van der Waals surface area contributed by atoms with Crippen molar-refractivity contribution in [1.82, 2.24) is 30.0 Å². The molecule has 0 unspecified atom stereocenters. The van der Waals surface area contributed by atoms with Gasteiger partial charge in [-0.05, 0) is 74.8 Å². The quantitative estimate of drug-likeness (QED) is 0.325. The highest BCUT2D eigenvalue weighted by molar-refractivity contribution is 5.60. The van der Waals surface area contributed by atoms with Crippen molar-refractivity contribution in [3.63, 3.8) is 0 Å². The number of rotatable bonds is 9. The Bertz CT molecular complexity index is 1480. The Morgan fingerprint density at radius 3 is 2.50 bits per heavy atom. The SMILES string of the molecule is CN1CCN(c2nc(CCCN[C@@H]3C[C@H]3c3ccc(F)cc3)cn(-c3ccc(-c4cccnn4)cc3)c2=O)CC1. The van der Waals surface area contributed by atoms with Gasteiger partial charge in [0.15, 0.2) is 5.82 Å². The van der Waals surface area contributed by atoms with Gasteiger partial charge in [-0.15, -0.1) is 0 Å². The van der Waals surface area contributed by atoms with Crippen LogP contribution in [0.1, 0.15) is 30.0 Å². The van der Waals surface area contributed by atoms with Crippen molar-refractivity contribution >= 4 is 5.82 Å². The van der Waals surface area contributed by atoms with Gasteiger partial charge in [-0.3, -0.25) is 9.36 Å². The van der Waals surface area contributed by atoms with Crippen molar-refractivity contribution in [1.29, 1.82) is 0 Å². The molecule has 1 aliphatic carbocycles. The number of piperazine rings is 1. The van der Waals surface area contributed by atoms with Gasteiger partial charge < -0.3 is 15.1 Å². The molecule has 2 aromatic heterocycles. The first-order valence-electron chi connectivity index (χ1n) is 14.0. The van der Waals surface area contributed by atoms with E-state index in [2.05, 4.69) is 32.4 Å². The normalized spacial score (nSPS) is 19.1. The van der Waals surface area contributed by atoms with Gasteiger partial charge in [0, 0.05) is 61.8 Å². The van der Waals surface area contributed by atoms with Crippen LogP contribution in [0.15, 0.2) is 77.9 Å². The summed E-state index contributed by atoms with van der Waals surface area (Å²) in [6.07, 6.45) is 6.29. The third-order valence-electron chi connectivity index (χ3n) is 7.86. The summed E-state index contributed by atoms with van der Waals surface area (Å²) in [4.78, 5) is 22.9. The second-order valence-electron chi connectivity index (χ2n) is 10.7. The Morgan fingerprint density at radius 1 is 1.00 bits per heavy atom. The maximum Gasteiger partial charge on any atom is 0.298 e. The molecule has 0 radical (unpaired) electrons. The summed E-state index contributed by atoms with van der Waals surface area (Å²) in [7, 11) is 2.10. The molecule has 2 fully saturated rings. The lowest BCUT2D eigenvalue weighted by molar-refractivity contribution is 0.311. The maximum absolute atomic E-state index is 13.7. The molecule has 4 aromatic rings. The molecule has 1 aliphatic heterocycles. The van der Waals surface area contributed by atoms with Gasteiger partial charge >= 0.3 is 0 Å². The second-order valence-corrected chi connectivity index (χ2v) is 10.7. The lowest BCUT2D eigenvalue weighted by Gasteiger charge is -2.33. The number of benzene rings is 2. The lowest BCUT2D eigenvalue weighted by atomic mass is 10.1. The number of hydrogen-bond donors (Lipinski definition) is 1. The predicted molar refractivity (Wildman–Crippen MR) is 154 cm³/mol. The molecule has 40 heavy (non-hydrogen) atoms. The van der Waals surface area contributed by atoms with E-state index in [1.165, 1.54) is 17.7 Å². The smallest absolute Gasteiger partial charge is 0.298 e. The van der Waals surface area contributed by atoms with Crippen LogP contribution in [0.5, 0.6) is 0 Å². The van der Waals surface area contributed by atoms with E-state index < -0.39 is 0 Å². The molecule has 8 nitrogen and oxygen atoms in total. The molecule has 6 rings (SSSR count). The Morgan fingerprint density at radius 2 is 1.77 bits per heavy atom. The summed E-state index contributed by atoms with van der Waals surface area (Å²) in [5.41, 5.74) is 4.53. The van der Waals surface area contributed by atoms with Gasteiger partial charge in [-0.2, -0.15) is 10.2 Å². The van der Waals surface area contributed by atoms with Crippen LogP contribution < -0.4 is 15.8 Å². The molecule has 206 valence electrons. The third kappa shape index (κ3) is 5.95. The van der Waals surface area contributed by atoms with Crippen LogP contribution >= 0.6 is 0 Å². The Kier molecular flexibility index (Phi) is 7.66. The average molecular weight is 540 g/mol. The molecule has 1 saturated heterocycles. The molecule has 1 N–H and O–H groups in total. The van der Waals surface area contributed by atoms with E-state index in [1.54, 1.807) is 10.8 Å². The van der Waals surface area contributed by atoms with Crippen LogP contribution in [0, 0.1) is 5.82 Å². The van der Waals surface area contributed by atoms with E-state index in [4.69, 9.17) is 4.98 Å². The van der Waals surface area contributed by atoms with Crippen molar-refractivity contribution < 1.29 is 4.39 Å². The first-order chi connectivity index (χ1) is 19.5. The molecule has 2 aliphatic rings. The Hall–Kier alpha value is -3.95. The van der Waals surface area contributed by atoms with Crippen molar-refractivity contribution in [2.45, 2.75) is 31.2 Å².